The first-order valence-corrected chi connectivity index (χ1v) is 12.0. The fraction of sp³-hybridized carbons (Fsp3) is 0.233. The Balaban J connectivity index is 1.53. The number of rotatable bonds is 6. The van der Waals surface area contributed by atoms with Gasteiger partial charge < -0.3 is 4.74 Å². The Morgan fingerprint density at radius 1 is 0.944 bits per heavy atom. The lowest BCUT2D eigenvalue weighted by molar-refractivity contribution is 0.300. The second-order valence-corrected chi connectivity index (χ2v) is 10.1. The molecule has 1 atom stereocenters. The average Bonchev–Trinajstić information content (AvgIpc) is 3.28. The molecule has 0 amide bonds. The first-order valence-electron chi connectivity index (χ1n) is 12.0. The molecule has 0 aliphatic carbocycles. The summed E-state index contributed by atoms with van der Waals surface area (Å²) in [7, 11) is 1.91. The Hall–Kier alpha value is -4.06. The standard InChI is InChI=1S/C30H29FN4O/c1-30(2,3)29(20-8-6-5-7-9-20)26-17-24(13-14-25(26)28-18-32-34-35(28)4)36-19-23-12-10-21-16-22(31)11-15-27(21)33-23/h5-18,29H,19H2,1-4H3. The number of benzene rings is 3. The van der Waals surface area contributed by atoms with Crippen LogP contribution in [0.4, 0.5) is 4.39 Å². The first-order chi connectivity index (χ1) is 17.3. The minimum absolute atomic E-state index is 0.0596. The van der Waals surface area contributed by atoms with Crippen LogP contribution in [0.5, 0.6) is 5.75 Å². The van der Waals surface area contributed by atoms with Gasteiger partial charge in [-0.3, -0.25) is 0 Å². The molecule has 5 rings (SSSR count). The van der Waals surface area contributed by atoms with Gasteiger partial charge in [0.15, 0.2) is 0 Å². The molecule has 5 nitrogen and oxygen atoms in total. The van der Waals surface area contributed by atoms with Crippen molar-refractivity contribution in [2.75, 3.05) is 0 Å². The number of halogens is 1. The molecule has 6 heteroatoms. The third-order valence-electron chi connectivity index (χ3n) is 6.42. The number of nitrogens with zero attached hydrogens (tertiary/aromatic N) is 4. The number of ether oxygens (including phenoxy) is 1. The van der Waals surface area contributed by atoms with Crippen LogP contribution in [0.1, 0.15) is 43.5 Å². The predicted octanol–water partition coefficient (Wildman–Crippen LogP) is 6.93. The lowest BCUT2D eigenvalue weighted by Gasteiger charge is -2.33. The molecule has 2 heterocycles. The Morgan fingerprint density at radius 2 is 1.75 bits per heavy atom. The summed E-state index contributed by atoms with van der Waals surface area (Å²) in [6.45, 7) is 7.08. The van der Waals surface area contributed by atoms with E-state index in [4.69, 9.17) is 4.74 Å². The highest BCUT2D eigenvalue weighted by molar-refractivity contribution is 5.78. The van der Waals surface area contributed by atoms with Crippen LogP contribution in [-0.4, -0.2) is 20.0 Å². The third kappa shape index (κ3) is 4.85. The molecule has 0 N–H and O–H groups in total. The summed E-state index contributed by atoms with van der Waals surface area (Å²) in [5, 5.41) is 9.04. The van der Waals surface area contributed by atoms with Crippen molar-refractivity contribution in [2.24, 2.45) is 12.5 Å². The topological polar surface area (TPSA) is 52.8 Å². The summed E-state index contributed by atoms with van der Waals surface area (Å²) in [4.78, 5) is 4.63. The summed E-state index contributed by atoms with van der Waals surface area (Å²) in [5.41, 5.74) is 5.88. The van der Waals surface area contributed by atoms with Gasteiger partial charge in [0.05, 0.1) is 23.1 Å². The highest BCUT2D eigenvalue weighted by atomic mass is 19.1. The number of fused-ring (bicyclic) bond motifs is 1. The minimum Gasteiger partial charge on any atom is -0.487 e. The van der Waals surface area contributed by atoms with Gasteiger partial charge in [-0.1, -0.05) is 62.4 Å². The molecule has 0 bridgehead atoms. The molecule has 1 unspecified atom stereocenters. The fourth-order valence-corrected chi connectivity index (χ4v) is 4.80. The van der Waals surface area contributed by atoms with E-state index >= 15 is 0 Å². The van der Waals surface area contributed by atoms with Crippen LogP contribution in [0.25, 0.3) is 22.2 Å². The Bertz CT molecular complexity index is 1500. The zero-order valence-electron chi connectivity index (χ0n) is 20.9. The molecule has 0 saturated heterocycles. The first kappa shape index (κ1) is 23.7. The maximum Gasteiger partial charge on any atom is 0.130 e. The van der Waals surface area contributed by atoms with Crippen LogP contribution in [0, 0.1) is 11.2 Å². The van der Waals surface area contributed by atoms with Crippen molar-refractivity contribution < 1.29 is 9.13 Å². The summed E-state index contributed by atoms with van der Waals surface area (Å²) in [6, 6.07) is 25.1. The molecule has 0 saturated carbocycles. The quantitative estimate of drug-likeness (QED) is 0.265. The van der Waals surface area contributed by atoms with E-state index < -0.39 is 0 Å². The Labute approximate surface area is 210 Å². The zero-order chi connectivity index (χ0) is 25.3. The van der Waals surface area contributed by atoms with Crippen molar-refractivity contribution in [3.63, 3.8) is 0 Å². The van der Waals surface area contributed by atoms with Crippen LogP contribution in [0.3, 0.4) is 0 Å². The number of hydrogen-bond donors (Lipinski definition) is 0. The monoisotopic (exact) mass is 480 g/mol. The Morgan fingerprint density at radius 3 is 2.47 bits per heavy atom. The van der Waals surface area contributed by atoms with Crippen molar-refractivity contribution in [2.45, 2.75) is 33.3 Å². The van der Waals surface area contributed by atoms with Gasteiger partial charge in [0.1, 0.15) is 18.2 Å². The van der Waals surface area contributed by atoms with Gasteiger partial charge in [0.25, 0.3) is 0 Å². The molecule has 36 heavy (non-hydrogen) atoms. The maximum absolute atomic E-state index is 13.5. The van der Waals surface area contributed by atoms with E-state index in [1.165, 1.54) is 17.7 Å². The summed E-state index contributed by atoms with van der Waals surface area (Å²) >= 11 is 0. The van der Waals surface area contributed by atoms with Crippen LogP contribution >= 0.6 is 0 Å². The number of aryl methyl sites for hydroxylation is 1. The maximum atomic E-state index is 13.5. The van der Waals surface area contributed by atoms with E-state index in [0.717, 1.165) is 39.2 Å². The summed E-state index contributed by atoms with van der Waals surface area (Å²) in [6.07, 6.45) is 1.80. The van der Waals surface area contributed by atoms with Gasteiger partial charge >= 0.3 is 0 Å². The van der Waals surface area contributed by atoms with E-state index in [1.54, 1.807) is 16.9 Å². The lowest BCUT2D eigenvalue weighted by atomic mass is 9.71. The zero-order valence-corrected chi connectivity index (χ0v) is 20.9. The van der Waals surface area contributed by atoms with Crippen molar-refractivity contribution in [3.05, 3.63) is 108 Å². The highest BCUT2D eigenvalue weighted by Gasteiger charge is 2.31. The summed E-state index contributed by atoms with van der Waals surface area (Å²) < 4.78 is 21.5. The van der Waals surface area contributed by atoms with Crippen molar-refractivity contribution in [1.82, 2.24) is 20.0 Å². The predicted molar refractivity (Wildman–Crippen MR) is 140 cm³/mol. The molecule has 3 aromatic carbocycles. The third-order valence-corrected chi connectivity index (χ3v) is 6.42. The van der Waals surface area contributed by atoms with Gasteiger partial charge in [-0.15, -0.1) is 5.10 Å². The molecular weight excluding hydrogens is 451 g/mol. The van der Waals surface area contributed by atoms with Gasteiger partial charge in [-0.2, -0.15) is 0 Å². The van der Waals surface area contributed by atoms with Crippen LogP contribution in [0.15, 0.2) is 85.1 Å². The highest BCUT2D eigenvalue weighted by Crippen LogP contribution is 2.45. The largest absolute Gasteiger partial charge is 0.487 e. The van der Waals surface area contributed by atoms with Gasteiger partial charge in [0, 0.05) is 23.9 Å². The van der Waals surface area contributed by atoms with Crippen LogP contribution < -0.4 is 4.74 Å². The van der Waals surface area contributed by atoms with Crippen molar-refractivity contribution in [3.8, 4) is 17.0 Å². The van der Waals surface area contributed by atoms with Crippen molar-refractivity contribution >= 4 is 10.9 Å². The minimum atomic E-state index is -0.267. The van der Waals surface area contributed by atoms with Crippen molar-refractivity contribution in [1.29, 1.82) is 0 Å². The average molecular weight is 481 g/mol. The lowest BCUT2D eigenvalue weighted by Crippen LogP contribution is -2.21. The van der Waals surface area contributed by atoms with Crippen LogP contribution in [-0.2, 0) is 13.7 Å². The normalized spacial score (nSPS) is 12.6. The molecule has 0 aliphatic heterocycles. The van der Waals surface area contributed by atoms with E-state index in [0.29, 0.717) is 6.61 Å². The summed E-state index contributed by atoms with van der Waals surface area (Å²) in [5.74, 6) is 0.604. The van der Waals surface area contributed by atoms with Gasteiger partial charge in [0.2, 0.25) is 0 Å². The molecule has 0 aliphatic rings. The SMILES string of the molecule is Cn1nncc1-c1ccc(OCc2ccc3cc(F)ccc3n2)cc1C(c1ccccc1)C(C)(C)C. The van der Waals surface area contributed by atoms with E-state index in [1.807, 2.05) is 31.3 Å². The number of hydrogen-bond acceptors (Lipinski definition) is 4. The van der Waals surface area contributed by atoms with Gasteiger partial charge in [-0.25, -0.2) is 14.1 Å². The molecule has 0 fully saturated rings. The smallest absolute Gasteiger partial charge is 0.130 e. The second-order valence-electron chi connectivity index (χ2n) is 10.1. The second kappa shape index (κ2) is 9.53. The fourth-order valence-electron chi connectivity index (χ4n) is 4.80. The van der Waals surface area contributed by atoms with E-state index in [-0.39, 0.29) is 17.2 Å². The molecule has 182 valence electrons. The molecular formula is C30H29FN4O. The van der Waals surface area contributed by atoms with Gasteiger partial charge in [-0.05, 0) is 59.0 Å². The number of aromatic nitrogens is 4. The molecule has 2 aromatic heterocycles. The molecule has 5 aromatic rings. The van der Waals surface area contributed by atoms with E-state index in [9.17, 15) is 4.39 Å². The molecule has 0 spiro atoms. The number of pyridine rings is 1. The van der Waals surface area contributed by atoms with E-state index in [2.05, 4.69) is 72.5 Å². The van der Waals surface area contributed by atoms with Crippen LogP contribution in [0.2, 0.25) is 0 Å². The molecule has 0 radical (unpaired) electrons. The Kier molecular flexibility index (Phi) is 6.27.